The molecule has 1 fully saturated rings. The molecule has 124 valence electrons. The standard InChI is InChI=1S/C15H16ClF2N3O2/c1-21-4-3-12(15(17,18)7-21)23-11-6-9(22-2)5-10-13(11)14(16)20-8-19-10/h5-6,8,12H,3-4,7H2,1-2H3. The summed E-state index contributed by atoms with van der Waals surface area (Å²) in [7, 11) is 3.15. The molecular weight excluding hydrogens is 328 g/mol. The number of piperidine rings is 1. The van der Waals surface area contributed by atoms with E-state index in [9.17, 15) is 8.78 Å². The summed E-state index contributed by atoms with van der Waals surface area (Å²) in [5.41, 5.74) is 0.482. The molecule has 2 aromatic rings. The number of likely N-dealkylation sites (tertiary alicyclic amines) is 1. The second-order valence-electron chi connectivity index (χ2n) is 5.58. The molecular formula is C15H16ClF2N3O2. The number of methoxy groups -OCH3 is 1. The first-order chi connectivity index (χ1) is 10.9. The minimum Gasteiger partial charge on any atom is -0.497 e. The Hall–Kier alpha value is -1.73. The molecule has 3 rings (SSSR count). The normalized spacial score (nSPS) is 21.3. The number of nitrogens with zero attached hydrogens (tertiary/aromatic N) is 3. The van der Waals surface area contributed by atoms with Crippen LogP contribution in [0.1, 0.15) is 6.42 Å². The van der Waals surface area contributed by atoms with Crippen molar-refractivity contribution in [3.63, 3.8) is 0 Å². The minimum atomic E-state index is -2.95. The monoisotopic (exact) mass is 343 g/mol. The molecule has 8 heteroatoms. The Bertz CT molecular complexity index is 729. The van der Waals surface area contributed by atoms with Crippen LogP contribution < -0.4 is 9.47 Å². The van der Waals surface area contributed by atoms with Crippen LogP contribution in [0.15, 0.2) is 18.5 Å². The summed E-state index contributed by atoms with van der Waals surface area (Å²) in [6, 6.07) is 3.19. The van der Waals surface area contributed by atoms with Gasteiger partial charge in [-0.2, -0.15) is 0 Å². The van der Waals surface area contributed by atoms with Gasteiger partial charge in [-0.05, 0) is 7.05 Å². The van der Waals surface area contributed by atoms with Gasteiger partial charge in [0.1, 0.15) is 23.0 Å². The van der Waals surface area contributed by atoms with Crippen molar-refractivity contribution in [2.45, 2.75) is 18.4 Å². The van der Waals surface area contributed by atoms with E-state index in [1.165, 1.54) is 19.5 Å². The average molecular weight is 344 g/mol. The zero-order valence-corrected chi connectivity index (χ0v) is 13.5. The molecule has 2 heterocycles. The summed E-state index contributed by atoms with van der Waals surface area (Å²) in [5.74, 6) is -2.29. The first-order valence-electron chi connectivity index (χ1n) is 7.12. The zero-order valence-electron chi connectivity index (χ0n) is 12.7. The second kappa shape index (κ2) is 6.05. The molecule has 1 aromatic heterocycles. The van der Waals surface area contributed by atoms with Crippen LogP contribution in [0.4, 0.5) is 8.78 Å². The number of halogens is 3. The van der Waals surface area contributed by atoms with Crippen molar-refractivity contribution in [1.82, 2.24) is 14.9 Å². The lowest BCUT2D eigenvalue weighted by molar-refractivity contribution is -0.134. The van der Waals surface area contributed by atoms with Gasteiger partial charge in [0.25, 0.3) is 5.92 Å². The summed E-state index contributed by atoms with van der Waals surface area (Å²) in [6.07, 6.45) is 0.288. The van der Waals surface area contributed by atoms with Crippen molar-refractivity contribution in [2.24, 2.45) is 0 Å². The quantitative estimate of drug-likeness (QED) is 0.802. The summed E-state index contributed by atoms with van der Waals surface area (Å²) in [4.78, 5) is 9.59. The highest BCUT2D eigenvalue weighted by atomic mass is 35.5. The zero-order chi connectivity index (χ0) is 16.6. The Balaban J connectivity index is 2.02. The molecule has 1 aliphatic heterocycles. The van der Waals surface area contributed by atoms with Crippen molar-refractivity contribution in [3.8, 4) is 11.5 Å². The Morgan fingerprint density at radius 3 is 2.83 bits per heavy atom. The van der Waals surface area contributed by atoms with Gasteiger partial charge in [-0.3, -0.25) is 0 Å². The lowest BCUT2D eigenvalue weighted by Crippen LogP contribution is -2.52. The third-order valence-electron chi connectivity index (χ3n) is 3.86. The van der Waals surface area contributed by atoms with Gasteiger partial charge >= 0.3 is 0 Å². The maximum absolute atomic E-state index is 14.2. The van der Waals surface area contributed by atoms with Crippen molar-refractivity contribution < 1.29 is 18.3 Å². The van der Waals surface area contributed by atoms with Crippen LogP contribution in [-0.4, -0.2) is 54.1 Å². The molecule has 1 saturated heterocycles. The number of benzene rings is 1. The van der Waals surface area contributed by atoms with E-state index in [-0.39, 0.29) is 23.9 Å². The molecule has 1 atom stereocenters. The van der Waals surface area contributed by atoms with Crippen LogP contribution in [0.25, 0.3) is 10.9 Å². The topological polar surface area (TPSA) is 47.5 Å². The second-order valence-corrected chi connectivity index (χ2v) is 5.94. The van der Waals surface area contributed by atoms with Crippen molar-refractivity contribution in [2.75, 3.05) is 27.2 Å². The van der Waals surface area contributed by atoms with E-state index in [0.717, 1.165) is 0 Å². The number of rotatable bonds is 3. The van der Waals surface area contributed by atoms with E-state index in [1.807, 2.05) is 0 Å². The lowest BCUT2D eigenvalue weighted by Gasteiger charge is -2.36. The smallest absolute Gasteiger partial charge is 0.296 e. The van der Waals surface area contributed by atoms with Crippen LogP contribution >= 0.6 is 11.6 Å². The van der Waals surface area contributed by atoms with Gasteiger partial charge in [0.2, 0.25) is 0 Å². The molecule has 0 amide bonds. The Morgan fingerprint density at radius 1 is 1.35 bits per heavy atom. The molecule has 1 aromatic carbocycles. The van der Waals surface area contributed by atoms with Gasteiger partial charge in [-0.15, -0.1) is 0 Å². The maximum atomic E-state index is 14.2. The fraction of sp³-hybridized carbons (Fsp3) is 0.467. The SMILES string of the molecule is COc1cc(OC2CCN(C)CC2(F)F)c2c(Cl)ncnc2c1. The summed E-state index contributed by atoms with van der Waals surface area (Å²) in [6.45, 7) is 0.191. The first-order valence-corrected chi connectivity index (χ1v) is 7.50. The van der Waals surface area contributed by atoms with Gasteiger partial charge in [-0.1, -0.05) is 11.6 Å². The van der Waals surface area contributed by atoms with E-state index in [2.05, 4.69) is 9.97 Å². The van der Waals surface area contributed by atoms with E-state index in [0.29, 0.717) is 23.2 Å². The van der Waals surface area contributed by atoms with Crippen LogP contribution in [0.5, 0.6) is 11.5 Å². The molecule has 1 unspecified atom stereocenters. The van der Waals surface area contributed by atoms with Crippen molar-refractivity contribution in [1.29, 1.82) is 0 Å². The number of alkyl halides is 2. The van der Waals surface area contributed by atoms with Gasteiger partial charge in [0, 0.05) is 25.1 Å². The van der Waals surface area contributed by atoms with Gasteiger partial charge in [-0.25, -0.2) is 18.7 Å². The fourth-order valence-electron chi connectivity index (χ4n) is 2.69. The number of aromatic nitrogens is 2. The van der Waals surface area contributed by atoms with E-state index < -0.39 is 12.0 Å². The number of hydrogen-bond acceptors (Lipinski definition) is 5. The number of ether oxygens (including phenoxy) is 2. The molecule has 0 spiro atoms. The first kappa shape index (κ1) is 16.1. The van der Waals surface area contributed by atoms with Gasteiger partial charge in [0.15, 0.2) is 6.10 Å². The summed E-state index contributed by atoms with van der Waals surface area (Å²) < 4.78 is 39.3. The predicted molar refractivity (Wildman–Crippen MR) is 82.6 cm³/mol. The Kier molecular flexibility index (Phi) is 4.25. The summed E-state index contributed by atoms with van der Waals surface area (Å²) in [5, 5.41) is 0.564. The van der Waals surface area contributed by atoms with Crippen LogP contribution in [0.3, 0.4) is 0 Å². The van der Waals surface area contributed by atoms with E-state index >= 15 is 0 Å². The van der Waals surface area contributed by atoms with Crippen LogP contribution in [0, 0.1) is 0 Å². The molecule has 0 N–H and O–H groups in total. The van der Waals surface area contributed by atoms with Crippen molar-refractivity contribution in [3.05, 3.63) is 23.6 Å². The highest BCUT2D eigenvalue weighted by Gasteiger charge is 2.45. The number of hydrogen-bond donors (Lipinski definition) is 0. The highest BCUT2D eigenvalue weighted by Crippen LogP contribution is 2.37. The largest absolute Gasteiger partial charge is 0.497 e. The van der Waals surface area contributed by atoms with Crippen LogP contribution in [-0.2, 0) is 0 Å². The predicted octanol–water partition coefficient (Wildman–Crippen LogP) is 3.01. The number of fused-ring (bicyclic) bond motifs is 1. The molecule has 1 aliphatic rings. The third kappa shape index (κ3) is 3.16. The summed E-state index contributed by atoms with van der Waals surface area (Å²) >= 11 is 6.10. The van der Waals surface area contributed by atoms with Gasteiger partial charge in [0.05, 0.1) is 24.6 Å². The molecule has 0 aliphatic carbocycles. The van der Waals surface area contributed by atoms with Crippen molar-refractivity contribution >= 4 is 22.5 Å². The van der Waals surface area contributed by atoms with Gasteiger partial charge < -0.3 is 14.4 Å². The minimum absolute atomic E-state index is 0.156. The fourth-order valence-corrected chi connectivity index (χ4v) is 2.92. The molecule has 0 saturated carbocycles. The van der Waals surface area contributed by atoms with E-state index in [1.54, 1.807) is 18.0 Å². The molecule has 0 bridgehead atoms. The average Bonchev–Trinajstić information content (AvgIpc) is 2.49. The Labute approximate surface area is 137 Å². The van der Waals surface area contributed by atoms with E-state index in [4.69, 9.17) is 21.1 Å². The molecule has 0 radical (unpaired) electrons. The lowest BCUT2D eigenvalue weighted by atomic mass is 10.0. The third-order valence-corrected chi connectivity index (χ3v) is 4.15. The van der Waals surface area contributed by atoms with Crippen LogP contribution in [0.2, 0.25) is 5.15 Å². The highest BCUT2D eigenvalue weighted by molar-refractivity contribution is 6.34. The molecule has 23 heavy (non-hydrogen) atoms. The maximum Gasteiger partial charge on any atom is 0.296 e. The Morgan fingerprint density at radius 2 is 2.13 bits per heavy atom. The molecule has 5 nitrogen and oxygen atoms in total.